The summed E-state index contributed by atoms with van der Waals surface area (Å²) in [5.74, 6) is -0.500. The molecule has 3 rings (SSSR count). The maximum atomic E-state index is 13.4. The largest absolute Gasteiger partial charge is 0.496 e. The van der Waals surface area contributed by atoms with Gasteiger partial charge in [0.1, 0.15) is 17.9 Å². The number of nitrogens with one attached hydrogen (secondary N) is 1. The molecule has 1 heterocycles. The maximum Gasteiger partial charge on any atom is 0.255 e. The van der Waals surface area contributed by atoms with E-state index in [4.69, 9.17) is 16.3 Å². The molecular weight excluding hydrogens is 429 g/mol. The van der Waals surface area contributed by atoms with E-state index < -0.39 is 11.7 Å². The number of tetrazole rings is 1. The van der Waals surface area contributed by atoms with E-state index in [1.54, 1.807) is 12.1 Å². The molecule has 0 unspecified atom stereocenters. The number of nitrogens with zero attached hydrogens (tertiary/aromatic N) is 4. The zero-order valence-corrected chi connectivity index (χ0v) is 15.8. The molecule has 0 aliphatic rings. The molecule has 0 fully saturated rings. The van der Waals surface area contributed by atoms with E-state index in [2.05, 4.69) is 36.8 Å². The van der Waals surface area contributed by atoms with Crippen LogP contribution in [0.1, 0.15) is 15.9 Å². The minimum absolute atomic E-state index is 0.144. The van der Waals surface area contributed by atoms with Gasteiger partial charge in [0.05, 0.1) is 23.4 Å². The Balaban J connectivity index is 1.83. The second-order valence-corrected chi connectivity index (χ2v) is 6.54. The Morgan fingerprint density at radius 2 is 2.15 bits per heavy atom. The standard InChI is InChI=1S/C16H12BrClFN5O2/c1-26-15-6-14(24-8-21-22-23-24)13(18)5-12(15)16(25)20-7-9-2-10(17)4-11(19)3-9/h2-6,8H,7H2,1H3,(H,20,25). The second kappa shape index (κ2) is 7.79. The molecule has 0 atom stereocenters. The molecule has 0 saturated heterocycles. The lowest BCUT2D eigenvalue weighted by Crippen LogP contribution is -2.23. The molecule has 2 aromatic carbocycles. The molecule has 10 heteroatoms. The third-order valence-corrected chi connectivity index (χ3v) is 4.25. The molecule has 134 valence electrons. The number of rotatable bonds is 5. The average Bonchev–Trinajstić information content (AvgIpc) is 3.13. The van der Waals surface area contributed by atoms with E-state index in [1.807, 2.05) is 0 Å². The van der Waals surface area contributed by atoms with Gasteiger partial charge in [-0.25, -0.2) is 4.39 Å². The summed E-state index contributed by atoms with van der Waals surface area (Å²) >= 11 is 9.46. The van der Waals surface area contributed by atoms with E-state index in [9.17, 15) is 9.18 Å². The van der Waals surface area contributed by atoms with Crippen LogP contribution in [0.5, 0.6) is 5.75 Å². The van der Waals surface area contributed by atoms with Crippen molar-refractivity contribution in [1.29, 1.82) is 0 Å². The normalized spacial score (nSPS) is 10.6. The number of carbonyl (C=O) groups is 1. The molecule has 26 heavy (non-hydrogen) atoms. The lowest BCUT2D eigenvalue weighted by molar-refractivity contribution is 0.0948. The van der Waals surface area contributed by atoms with E-state index in [0.29, 0.717) is 21.5 Å². The van der Waals surface area contributed by atoms with Crippen LogP contribution in [0.15, 0.2) is 41.1 Å². The molecule has 0 bridgehead atoms. The summed E-state index contributed by atoms with van der Waals surface area (Å²) in [5, 5.41) is 13.9. The van der Waals surface area contributed by atoms with Gasteiger partial charge in [-0.15, -0.1) is 5.10 Å². The number of carbonyl (C=O) groups excluding carboxylic acids is 1. The molecule has 3 aromatic rings. The van der Waals surface area contributed by atoms with Gasteiger partial charge in [0.2, 0.25) is 0 Å². The Morgan fingerprint density at radius 1 is 1.35 bits per heavy atom. The van der Waals surface area contributed by atoms with Crippen LogP contribution in [0, 0.1) is 5.82 Å². The fraction of sp³-hybridized carbons (Fsp3) is 0.125. The molecule has 1 N–H and O–H groups in total. The van der Waals surface area contributed by atoms with Crippen LogP contribution in [-0.4, -0.2) is 33.2 Å². The smallest absolute Gasteiger partial charge is 0.255 e. The van der Waals surface area contributed by atoms with Crippen molar-refractivity contribution in [3.05, 3.63) is 63.1 Å². The van der Waals surface area contributed by atoms with E-state index in [1.165, 1.54) is 36.3 Å². The highest BCUT2D eigenvalue weighted by molar-refractivity contribution is 9.10. The third kappa shape index (κ3) is 4.00. The number of amides is 1. The number of benzene rings is 2. The lowest BCUT2D eigenvalue weighted by atomic mass is 10.1. The summed E-state index contributed by atoms with van der Waals surface area (Å²) in [5.41, 5.74) is 1.32. The Labute approximate surface area is 161 Å². The highest BCUT2D eigenvalue weighted by Crippen LogP contribution is 2.29. The number of aromatic nitrogens is 4. The average molecular weight is 441 g/mol. The van der Waals surface area contributed by atoms with Gasteiger partial charge in [-0.1, -0.05) is 27.5 Å². The van der Waals surface area contributed by atoms with Crippen molar-refractivity contribution in [3.8, 4) is 11.4 Å². The van der Waals surface area contributed by atoms with Crippen LogP contribution < -0.4 is 10.1 Å². The molecule has 0 aliphatic heterocycles. The van der Waals surface area contributed by atoms with Crippen LogP contribution in [0.3, 0.4) is 0 Å². The van der Waals surface area contributed by atoms with E-state index in [0.717, 1.165) is 0 Å². The maximum absolute atomic E-state index is 13.4. The molecule has 0 radical (unpaired) electrons. The summed E-state index contributed by atoms with van der Waals surface area (Å²) < 4.78 is 20.7. The third-order valence-electron chi connectivity index (χ3n) is 3.48. The zero-order valence-electron chi connectivity index (χ0n) is 13.4. The van der Waals surface area contributed by atoms with Crippen molar-refractivity contribution >= 4 is 33.4 Å². The van der Waals surface area contributed by atoms with Crippen molar-refractivity contribution in [1.82, 2.24) is 25.5 Å². The SMILES string of the molecule is COc1cc(-n2cnnn2)c(Cl)cc1C(=O)NCc1cc(F)cc(Br)c1. The second-order valence-electron chi connectivity index (χ2n) is 5.22. The number of ether oxygens (including phenoxy) is 1. The van der Waals surface area contributed by atoms with Gasteiger partial charge in [-0.2, -0.15) is 4.68 Å². The van der Waals surface area contributed by atoms with Gasteiger partial charge in [0.25, 0.3) is 5.91 Å². The van der Waals surface area contributed by atoms with E-state index >= 15 is 0 Å². The number of methoxy groups -OCH3 is 1. The van der Waals surface area contributed by atoms with Gasteiger partial charge < -0.3 is 10.1 Å². The summed E-state index contributed by atoms with van der Waals surface area (Å²) in [6.45, 7) is 0.144. The first-order chi connectivity index (χ1) is 12.5. The summed E-state index contributed by atoms with van der Waals surface area (Å²) in [6.07, 6.45) is 1.38. The van der Waals surface area contributed by atoms with Gasteiger partial charge in [-0.05, 0) is 40.3 Å². The van der Waals surface area contributed by atoms with Crippen molar-refractivity contribution in [3.63, 3.8) is 0 Å². The van der Waals surface area contributed by atoms with Crippen molar-refractivity contribution < 1.29 is 13.9 Å². The molecule has 0 aliphatic carbocycles. The Morgan fingerprint density at radius 3 is 2.81 bits per heavy atom. The number of halogens is 3. The summed E-state index contributed by atoms with van der Waals surface area (Å²) in [6, 6.07) is 7.43. The molecular formula is C16H12BrClFN5O2. The van der Waals surface area contributed by atoms with Gasteiger partial charge >= 0.3 is 0 Å². The molecule has 1 amide bonds. The monoisotopic (exact) mass is 439 g/mol. The van der Waals surface area contributed by atoms with Crippen molar-refractivity contribution in [2.45, 2.75) is 6.54 Å². The Bertz CT molecular complexity index is 932. The minimum Gasteiger partial charge on any atom is -0.496 e. The van der Waals surface area contributed by atoms with Gasteiger partial charge in [0.15, 0.2) is 0 Å². The molecule has 7 nitrogen and oxygen atoms in total. The molecule has 0 saturated carbocycles. The first-order valence-electron chi connectivity index (χ1n) is 7.32. The lowest BCUT2D eigenvalue weighted by Gasteiger charge is -2.12. The van der Waals surface area contributed by atoms with Crippen LogP contribution in [0.2, 0.25) is 5.02 Å². The quantitative estimate of drug-likeness (QED) is 0.659. The van der Waals surface area contributed by atoms with Gasteiger partial charge in [-0.3, -0.25) is 4.79 Å². The minimum atomic E-state index is -0.410. The van der Waals surface area contributed by atoms with Gasteiger partial charge in [0, 0.05) is 17.1 Å². The van der Waals surface area contributed by atoms with E-state index in [-0.39, 0.29) is 17.1 Å². The van der Waals surface area contributed by atoms with Crippen LogP contribution in [-0.2, 0) is 6.54 Å². The number of hydrogen-bond donors (Lipinski definition) is 1. The van der Waals surface area contributed by atoms with Crippen LogP contribution in [0.25, 0.3) is 5.69 Å². The first-order valence-corrected chi connectivity index (χ1v) is 8.49. The van der Waals surface area contributed by atoms with Crippen molar-refractivity contribution in [2.24, 2.45) is 0 Å². The highest BCUT2D eigenvalue weighted by atomic mass is 79.9. The summed E-state index contributed by atoms with van der Waals surface area (Å²) in [4.78, 5) is 12.5. The van der Waals surface area contributed by atoms with Crippen LogP contribution in [0.4, 0.5) is 4.39 Å². The molecule has 1 aromatic heterocycles. The zero-order chi connectivity index (χ0) is 18.7. The Hall–Kier alpha value is -2.52. The fourth-order valence-electron chi connectivity index (χ4n) is 2.33. The predicted molar refractivity (Wildman–Crippen MR) is 96.0 cm³/mol. The predicted octanol–water partition coefficient (Wildman–Crippen LogP) is 3.16. The highest BCUT2D eigenvalue weighted by Gasteiger charge is 2.17. The molecule has 0 spiro atoms. The Kier molecular flexibility index (Phi) is 5.48. The first kappa shape index (κ1) is 18.3. The fourth-order valence-corrected chi connectivity index (χ4v) is 3.09. The topological polar surface area (TPSA) is 81.9 Å². The van der Waals surface area contributed by atoms with Crippen LogP contribution >= 0.6 is 27.5 Å². The van der Waals surface area contributed by atoms with Crippen molar-refractivity contribution in [2.75, 3.05) is 7.11 Å². The number of hydrogen-bond acceptors (Lipinski definition) is 5. The summed E-state index contributed by atoms with van der Waals surface area (Å²) in [7, 11) is 1.44.